The highest BCUT2D eigenvalue weighted by Gasteiger charge is 2.20. The van der Waals surface area contributed by atoms with Gasteiger partial charge >= 0.3 is 0 Å². The van der Waals surface area contributed by atoms with Gasteiger partial charge in [-0.15, -0.1) is 0 Å². The molecule has 0 spiro atoms. The first kappa shape index (κ1) is 9.66. The predicted molar refractivity (Wildman–Crippen MR) is 58.1 cm³/mol. The molecule has 2 rings (SSSR count). The average molecular weight is 190 g/mol. The number of nitrogens with one attached hydrogen (secondary N) is 1. The van der Waals surface area contributed by atoms with Gasteiger partial charge in [0.1, 0.15) is 0 Å². The van der Waals surface area contributed by atoms with Crippen LogP contribution < -0.4 is 5.32 Å². The smallest absolute Gasteiger partial charge is 0.0340 e. The van der Waals surface area contributed by atoms with Crippen molar-refractivity contribution in [3.8, 4) is 0 Å². The molecular weight excluding hydrogens is 172 g/mol. The monoisotopic (exact) mass is 190 g/mol. The second-order valence-corrected chi connectivity index (χ2v) is 4.37. The quantitative estimate of drug-likeness (QED) is 0.735. The number of aryl methyl sites for hydroxylation is 1. The topological polar surface area (TPSA) is 24.9 Å². The molecule has 1 aliphatic rings. The Hall–Kier alpha value is -0.890. The fourth-order valence-corrected chi connectivity index (χ4v) is 2.19. The summed E-state index contributed by atoms with van der Waals surface area (Å²) in [4.78, 5) is 4.21. The van der Waals surface area contributed by atoms with E-state index in [-0.39, 0.29) is 0 Å². The van der Waals surface area contributed by atoms with E-state index in [4.69, 9.17) is 0 Å². The lowest BCUT2D eigenvalue weighted by atomic mass is 9.89. The summed E-state index contributed by atoms with van der Waals surface area (Å²) < 4.78 is 0. The van der Waals surface area contributed by atoms with Gasteiger partial charge in [-0.2, -0.15) is 0 Å². The fraction of sp³-hybridized carbons (Fsp3) is 0.583. The molecule has 0 radical (unpaired) electrons. The highest BCUT2D eigenvalue weighted by Crippen LogP contribution is 2.27. The molecule has 1 N–H and O–H groups in total. The first-order valence-electron chi connectivity index (χ1n) is 5.41. The number of aromatic nitrogens is 1. The van der Waals surface area contributed by atoms with Crippen molar-refractivity contribution in [2.45, 2.75) is 32.7 Å². The maximum absolute atomic E-state index is 4.21. The first-order chi connectivity index (χ1) is 6.77. The van der Waals surface area contributed by atoms with Gasteiger partial charge in [-0.05, 0) is 49.4 Å². The average Bonchev–Trinajstić information content (AvgIpc) is 2.18. The third kappa shape index (κ3) is 1.95. The zero-order chi connectivity index (χ0) is 9.97. The Bertz CT molecular complexity index is 309. The van der Waals surface area contributed by atoms with Gasteiger partial charge in [0.25, 0.3) is 0 Å². The molecule has 2 heteroatoms. The summed E-state index contributed by atoms with van der Waals surface area (Å²) >= 11 is 0. The van der Waals surface area contributed by atoms with Crippen LogP contribution in [0.1, 0.15) is 36.9 Å². The predicted octanol–water partition coefficient (Wildman–Crippen LogP) is 2.45. The third-order valence-corrected chi connectivity index (χ3v) is 3.12. The third-order valence-electron chi connectivity index (χ3n) is 3.12. The van der Waals surface area contributed by atoms with E-state index in [0.717, 1.165) is 12.5 Å². The van der Waals surface area contributed by atoms with Gasteiger partial charge in [-0.1, -0.05) is 6.92 Å². The Balaban J connectivity index is 2.18. The van der Waals surface area contributed by atoms with E-state index >= 15 is 0 Å². The van der Waals surface area contributed by atoms with Gasteiger partial charge in [-0.25, -0.2) is 0 Å². The molecule has 1 saturated heterocycles. The summed E-state index contributed by atoms with van der Waals surface area (Å²) in [6, 6.07) is 2.61. The minimum Gasteiger partial charge on any atom is -0.310 e. The summed E-state index contributed by atoms with van der Waals surface area (Å²) in [5.41, 5.74) is 2.73. The summed E-state index contributed by atoms with van der Waals surface area (Å²) in [7, 11) is 0. The van der Waals surface area contributed by atoms with Gasteiger partial charge in [-0.3, -0.25) is 4.98 Å². The van der Waals surface area contributed by atoms with Crippen LogP contribution in [0, 0.1) is 12.8 Å². The van der Waals surface area contributed by atoms with Crippen LogP contribution in [0.15, 0.2) is 18.5 Å². The van der Waals surface area contributed by atoms with E-state index in [1.807, 2.05) is 12.4 Å². The Morgan fingerprint density at radius 3 is 3.07 bits per heavy atom. The minimum atomic E-state index is 0.521. The van der Waals surface area contributed by atoms with Crippen LogP contribution in [0.25, 0.3) is 0 Å². The highest BCUT2D eigenvalue weighted by atomic mass is 14.9. The van der Waals surface area contributed by atoms with Crippen molar-refractivity contribution in [3.05, 3.63) is 29.6 Å². The second-order valence-electron chi connectivity index (χ2n) is 4.37. The molecule has 14 heavy (non-hydrogen) atoms. The molecule has 2 nitrogen and oxygen atoms in total. The van der Waals surface area contributed by atoms with E-state index in [1.54, 1.807) is 0 Å². The van der Waals surface area contributed by atoms with Gasteiger partial charge in [0.2, 0.25) is 0 Å². The van der Waals surface area contributed by atoms with Gasteiger partial charge in [0.05, 0.1) is 0 Å². The molecule has 2 atom stereocenters. The van der Waals surface area contributed by atoms with Crippen LogP contribution in [-0.4, -0.2) is 11.5 Å². The van der Waals surface area contributed by atoms with E-state index in [1.165, 1.54) is 24.0 Å². The van der Waals surface area contributed by atoms with Crippen molar-refractivity contribution < 1.29 is 0 Å². The zero-order valence-electron chi connectivity index (χ0n) is 8.96. The van der Waals surface area contributed by atoms with Crippen molar-refractivity contribution in [2.75, 3.05) is 6.54 Å². The molecule has 0 aliphatic carbocycles. The van der Waals surface area contributed by atoms with Crippen molar-refractivity contribution in [2.24, 2.45) is 5.92 Å². The molecule has 2 unspecified atom stereocenters. The molecule has 0 amide bonds. The van der Waals surface area contributed by atoms with Crippen LogP contribution in [0.3, 0.4) is 0 Å². The normalized spacial score (nSPS) is 27.6. The van der Waals surface area contributed by atoms with Crippen LogP contribution in [0.5, 0.6) is 0 Å². The molecule has 1 aromatic rings. The number of hydrogen-bond donors (Lipinski definition) is 1. The molecule has 0 aromatic carbocycles. The van der Waals surface area contributed by atoms with Crippen LogP contribution in [0.2, 0.25) is 0 Å². The standard InChI is InChI=1S/C12H18N2/c1-9-3-6-14-12(7-9)11-8-13-5-4-10(11)2/h4-5,8-9,12,14H,3,6-7H2,1-2H3. The maximum atomic E-state index is 4.21. The lowest BCUT2D eigenvalue weighted by Crippen LogP contribution is -2.31. The lowest BCUT2D eigenvalue weighted by Gasteiger charge is -2.29. The second kappa shape index (κ2) is 4.09. The Kier molecular flexibility index (Phi) is 2.82. The van der Waals surface area contributed by atoms with Crippen molar-refractivity contribution in [1.29, 1.82) is 0 Å². The molecular formula is C12H18N2. The van der Waals surface area contributed by atoms with E-state index < -0.39 is 0 Å². The van der Waals surface area contributed by atoms with Crippen molar-refractivity contribution in [1.82, 2.24) is 10.3 Å². The minimum absolute atomic E-state index is 0.521. The molecule has 1 aromatic heterocycles. The Labute approximate surface area is 85.7 Å². The Morgan fingerprint density at radius 2 is 2.36 bits per heavy atom. The molecule has 1 fully saturated rings. The summed E-state index contributed by atoms with van der Waals surface area (Å²) in [5.74, 6) is 0.834. The van der Waals surface area contributed by atoms with Crippen molar-refractivity contribution >= 4 is 0 Å². The number of piperidine rings is 1. The van der Waals surface area contributed by atoms with E-state index in [0.29, 0.717) is 6.04 Å². The lowest BCUT2D eigenvalue weighted by molar-refractivity contribution is 0.324. The number of rotatable bonds is 1. The number of pyridine rings is 1. The van der Waals surface area contributed by atoms with Crippen LogP contribution in [0.4, 0.5) is 0 Å². The van der Waals surface area contributed by atoms with Crippen molar-refractivity contribution in [3.63, 3.8) is 0 Å². The highest BCUT2D eigenvalue weighted by molar-refractivity contribution is 5.25. The van der Waals surface area contributed by atoms with Crippen LogP contribution >= 0.6 is 0 Å². The van der Waals surface area contributed by atoms with Gasteiger partial charge in [0.15, 0.2) is 0 Å². The van der Waals surface area contributed by atoms with E-state index in [9.17, 15) is 0 Å². The Morgan fingerprint density at radius 1 is 1.50 bits per heavy atom. The van der Waals surface area contributed by atoms with Gasteiger partial charge in [0, 0.05) is 18.4 Å². The maximum Gasteiger partial charge on any atom is 0.0340 e. The van der Waals surface area contributed by atoms with Gasteiger partial charge < -0.3 is 5.32 Å². The summed E-state index contributed by atoms with van der Waals surface area (Å²) in [5, 5.41) is 3.57. The molecule has 0 saturated carbocycles. The summed E-state index contributed by atoms with van der Waals surface area (Å²) in [6.45, 7) is 5.64. The summed E-state index contributed by atoms with van der Waals surface area (Å²) in [6.07, 6.45) is 6.42. The SMILES string of the molecule is Cc1ccncc1C1CC(C)CCN1. The fourth-order valence-electron chi connectivity index (χ4n) is 2.19. The number of nitrogens with zero attached hydrogens (tertiary/aromatic N) is 1. The largest absolute Gasteiger partial charge is 0.310 e. The molecule has 2 heterocycles. The molecule has 76 valence electrons. The molecule has 0 bridgehead atoms. The zero-order valence-corrected chi connectivity index (χ0v) is 8.96. The first-order valence-corrected chi connectivity index (χ1v) is 5.41. The van der Waals surface area contributed by atoms with E-state index in [2.05, 4.69) is 30.2 Å². The molecule has 1 aliphatic heterocycles. The van der Waals surface area contributed by atoms with Crippen LogP contribution in [-0.2, 0) is 0 Å². The number of hydrogen-bond acceptors (Lipinski definition) is 2.